The standard InChI is InChI=1S/C11H25N3O/c1-9(2)10(5-6-12)3-4-11(15)14-8-7-13/h9-10H,3-8,12-13H2,1-2H3,(H,14,15). The average molecular weight is 215 g/mol. The summed E-state index contributed by atoms with van der Waals surface area (Å²) in [5.41, 5.74) is 10.8. The van der Waals surface area contributed by atoms with Crippen LogP contribution in [0, 0.1) is 11.8 Å². The molecular weight excluding hydrogens is 190 g/mol. The van der Waals surface area contributed by atoms with Gasteiger partial charge < -0.3 is 16.8 Å². The summed E-state index contributed by atoms with van der Waals surface area (Å²) < 4.78 is 0. The second-order valence-electron chi connectivity index (χ2n) is 4.26. The molecular formula is C11H25N3O. The van der Waals surface area contributed by atoms with Gasteiger partial charge in [-0.05, 0) is 31.2 Å². The minimum atomic E-state index is 0.100. The number of amides is 1. The number of hydrogen-bond acceptors (Lipinski definition) is 3. The van der Waals surface area contributed by atoms with Gasteiger partial charge in [0.2, 0.25) is 5.91 Å². The largest absolute Gasteiger partial charge is 0.355 e. The summed E-state index contributed by atoms with van der Waals surface area (Å²) in [7, 11) is 0. The lowest BCUT2D eigenvalue weighted by Gasteiger charge is -2.19. The fraction of sp³-hybridized carbons (Fsp3) is 0.909. The highest BCUT2D eigenvalue weighted by Gasteiger charge is 2.13. The van der Waals surface area contributed by atoms with E-state index in [9.17, 15) is 4.79 Å². The van der Waals surface area contributed by atoms with E-state index in [-0.39, 0.29) is 5.91 Å². The molecule has 0 saturated heterocycles. The molecule has 4 heteroatoms. The van der Waals surface area contributed by atoms with Gasteiger partial charge in [0.25, 0.3) is 0 Å². The van der Waals surface area contributed by atoms with Crippen LogP contribution in [0.3, 0.4) is 0 Å². The van der Waals surface area contributed by atoms with Crippen LogP contribution in [0.25, 0.3) is 0 Å². The average Bonchev–Trinajstić information content (AvgIpc) is 2.20. The van der Waals surface area contributed by atoms with Crippen LogP contribution in [0.1, 0.15) is 33.1 Å². The van der Waals surface area contributed by atoms with Gasteiger partial charge in [0.05, 0.1) is 0 Å². The second kappa shape index (κ2) is 8.68. The number of carbonyl (C=O) groups is 1. The Morgan fingerprint density at radius 1 is 1.20 bits per heavy atom. The van der Waals surface area contributed by atoms with Crippen molar-refractivity contribution in [2.24, 2.45) is 23.3 Å². The van der Waals surface area contributed by atoms with Crippen molar-refractivity contribution in [2.45, 2.75) is 33.1 Å². The van der Waals surface area contributed by atoms with Gasteiger partial charge in [0.15, 0.2) is 0 Å². The zero-order valence-electron chi connectivity index (χ0n) is 9.96. The normalized spacial score (nSPS) is 12.9. The molecule has 0 bridgehead atoms. The number of nitrogens with two attached hydrogens (primary N) is 2. The maximum absolute atomic E-state index is 11.3. The molecule has 0 radical (unpaired) electrons. The van der Waals surface area contributed by atoms with Gasteiger partial charge in [-0.15, -0.1) is 0 Å². The van der Waals surface area contributed by atoms with E-state index in [0.29, 0.717) is 37.9 Å². The predicted molar refractivity (Wildman–Crippen MR) is 63.3 cm³/mol. The number of hydrogen-bond donors (Lipinski definition) is 3. The summed E-state index contributed by atoms with van der Waals surface area (Å²) in [5.74, 6) is 1.25. The van der Waals surface area contributed by atoms with E-state index in [1.54, 1.807) is 0 Å². The molecule has 0 aromatic heterocycles. The van der Waals surface area contributed by atoms with Gasteiger partial charge in [-0.3, -0.25) is 4.79 Å². The molecule has 0 fully saturated rings. The molecule has 4 nitrogen and oxygen atoms in total. The minimum absolute atomic E-state index is 0.100. The van der Waals surface area contributed by atoms with E-state index in [4.69, 9.17) is 11.5 Å². The molecule has 1 unspecified atom stereocenters. The van der Waals surface area contributed by atoms with Crippen LogP contribution in [0.2, 0.25) is 0 Å². The Labute approximate surface area is 92.8 Å². The fourth-order valence-corrected chi connectivity index (χ4v) is 1.64. The molecule has 0 saturated carbocycles. The predicted octanol–water partition coefficient (Wildman–Crippen LogP) is 0.463. The molecule has 0 aliphatic rings. The van der Waals surface area contributed by atoms with Gasteiger partial charge in [-0.25, -0.2) is 0 Å². The monoisotopic (exact) mass is 215 g/mol. The summed E-state index contributed by atoms with van der Waals surface area (Å²) >= 11 is 0. The van der Waals surface area contributed by atoms with Crippen LogP contribution in [0.15, 0.2) is 0 Å². The van der Waals surface area contributed by atoms with Crippen LogP contribution in [0.5, 0.6) is 0 Å². The summed E-state index contributed by atoms with van der Waals surface area (Å²) in [6, 6.07) is 0. The van der Waals surface area contributed by atoms with Gasteiger partial charge in [-0.1, -0.05) is 13.8 Å². The van der Waals surface area contributed by atoms with Crippen LogP contribution in [-0.4, -0.2) is 25.5 Å². The Balaban J connectivity index is 3.73. The first-order chi connectivity index (χ1) is 7.11. The highest BCUT2D eigenvalue weighted by atomic mass is 16.1. The van der Waals surface area contributed by atoms with E-state index in [2.05, 4.69) is 19.2 Å². The maximum Gasteiger partial charge on any atom is 0.220 e. The van der Waals surface area contributed by atoms with Gasteiger partial charge in [-0.2, -0.15) is 0 Å². The zero-order valence-corrected chi connectivity index (χ0v) is 9.96. The first-order valence-electron chi connectivity index (χ1n) is 5.78. The summed E-state index contributed by atoms with van der Waals surface area (Å²) in [4.78, 5) is 11.3. The van der Waals surface area contributed by atoms with Crippen LogP contribution >= 0.6 is 0 Å². The third-order valence-corrected chi connectivity index (χ3v) is 2.69. The van der Waals surface area contributed by atoms with Crippen molar-refractivity contribution in [2.75, 3.05) is 19.6 Å². The van der Waals surface area contributed by atoms with Crippen molar-refractivity contribution in [1.82, 2.24) is 5.32 Å². The molecule has 90 valence electrons. The third kappa shape index (κ3) is 7.33. The molecule has 1 atom stereocenters. The molecule has 0 aliphatic heterocycles. The third-order valence-electron chi connectivity index (χ3n) is 2.69. The highest BCUT2D eigenvalue weighted by molar-refractivity contribution is 5.75. The SMILES string of the molecule is CC(C)C(CCN)CCC(=O)NCCN. The van der Waals surface area contributed by atoms with Gasteiger partial charge >= 0.3 is 0 Å². The molecule has 0 spiro atoms. The molecule has 0 aromatic rings. The molecule has 0 aromatic carbocycles. The van der Waals surface area contributed by atoms with Crippen molar-refractivity contribution < 1.29 is 4.79 Å². The Morgan fingerprint density at radius 3 is 2.33 bits per heavy atom. The smallest absolute Gasteiger partial charge is 0.220 e. The van der Waals surface area contributed by atoms with E-state index in [1.165, 1.54) is 0 Å². The Kier molecular flexibility index (Phi) is 8.33. The molecule has 15 heavy (non-hydrogen) atoms. The summed E-state index contributed by atoms with van der Waals surface area (Å²) in [6.45, 7) is 6.13. The number of carbonyl (C=O) groups excluding carboxylic acids is 1. The van der Waals surface area contributed by atoms with Crippen molar-refractivity contribution in [3.8, 4) is 0 Å². The lowest BCUT2D eigenvalue weighted by molar-refractivity contribution is -0.121. The second-order valence-corrected chi connectivity index (χ2v) is 4.26. The van der Waals surface area contributed by atoms with Gasteiger partial charge in [0.1, 0.15) is 0 Å². The van der Waals surface area contributed by atoms with Crippen molar-refractivity contribution in [3.63, 3.8) is 0 Å². The topological polar surface area (TPSA) is 81.1 Å². The van der Waals surface area contributed by atoms with E-state index in [1.807, 2.05) is 0 Å². The Hall–Kier alpha value is -0.610. The van der Waals surface area contributed by atoms with Crippen LogP contribution in [-0.2, 0) is 4.79 Å². The first kappa shape index (κ1) is 14.4. The maximum atomic E-state index is 11.3. The minimum Gasteiger partial charge on any atom is -0.355 e. The van der Waals surface area contributed by atoms with E-state index in [0.717, 1.165) is 12.8 Å². The van der Waals surface area contributed by atoms with Crippen LogP contribution < -0.4 is 16.8 Å². The quantitative estimate of drug-likeness (QED) is 0.550. The Morgan fingerprint density at radius 2 is 1.87 bits per heavy atom. The lowest BCUT2D eigenvalue weighted by Crippen LogP contribution is -2.29. The number of rotatable bonds is 8. The Bertz CT molecular complexity index is 171. The van der Waals surface area contributed by atoms with Gasteiger partial charge in [0, 0.05) is 19.5 Å². The summed E-state index contributed by atoms with van der Waals surface area (Å²) in [6.07, 6.45) is 2.51. The van der Waals surface area contributed by atoms with Crippen LogP contribution in [0.4, 0.5) is 0 Å². The molecule has 0 rings (SSSR count). The van der Waals surface area contributed by atoms with E-state index >= 15 is 0 Å². The molecule has 0 heterocycles. The van der Waals surface area contributed by atoms with Crippen molar-refractivity contribution in [1.29, 1.82) is 0 Å². The fourth-order valence-electron chi connectivity index (χ4n) is 1.64. The van der Waals surface area contributed by atoms with Crippen molar-refractivity contribution in [3.05, 3.63) is 0 Å². The van der Waals surface area contributed by atoms with E-state index < -0.39 is 0 Å². The highest BCUT2D eigenvalue weighted by Crippen LogP contribution is 2.20. The summed E-state index contributed by atoms with van der Waals surface area (Å²) in [5, 5.41) is 2.77. The molecule has 5 N–H and O–H groups in total. The molecule has 0 aliphatic carbocycles. The first-order valence-corrected chi connectivity index (χ1v) is 5.78. The molecule has 1 amide bonds. The van der Waals surface area contributed by atoms with Crippen molar-refractivity contribution >= 4 is 5.91 Å². The zero-order chi connectivity index (χ0) is 11.7. The lowest BCUT2D eigenvalue weighted by atomic mass is 9.88. The number of nitrogens with one attached hydrogen (secondary N) is 1.